The lowest BCUT2D eigenvalue weighted by Gasteiger charge is -2.25. The Hall–Kier alpha value is -1.37. The molecule has 0 spiro atoms. The van der Waals surface area contributed by atoms with Crippen molar-refractivity contribution in [3.8, 4) is 11.3 Å². The molecule has 2 aromatic rings. The van der Waals surface area contributed by atoms with Crippen molar-refractivity contribution in [3.05, 3.63) is 41.0 Å². The Labute approximate surface area is 128 Å². The molecule has 1 saturated heterocycles. The van der Waals surface area contributed by atoms with E-state index in [1.165, 1.54) is 4.31 Å². The van der Waals surface area contributed by atoms with E-state index in [2.05, 4.69) is 5.16 Å². The lowest BCUT2D eigenvalue weighted by Crippen LogP contribution is -2.37. The van der Waals surface area contributed by atoms with Crippen molar-refractivity contribution in [2.45, 2.75) is 19.4 Å². The van der Waals surface area contributed by atoms with E-state index in [1.54, 1.807) is 18.2 Å². The highest BCUT2D eigenvalue weighted by Crippen LogP contribution is 2.24. The van der Waals surface area contributed by atoms with Gasteiger partial charge < -0.3 is 4.52 Å². The van der Waals surface area contributed by atoms with Gasteiger partial charge in [-0.05, 0) is 25.0 Å². The lowest BCUT2D eigenvalue weighted by atomic mass is 10.1. The highest BCUT2D eigenvalue weighted by atomic mass is 35.5. The summed E-state index contributed by atoms with van der Waals surface area (Å²) in [4.78, 5) is 0. The van der Waals surface area contributed by atoms with Gasteiger partial charge in [-0.1, -0.05) is 28.9 Å². The second-order valence-electron chi connectivity index (χ2n) is 5.05. The minimum absolute atomic E-state index is 0.214. The number of hydrogen-bond donors (Lipinski definition) is 0. The topological polar surface area (TPSA) is 63.4 Å². The number of halogens is 1. The molecule has 112 valence electrons. The molecule has 0 amide bonds. The van der Waals surface area contributed by atoms with Gasteiger partial charge in [-0.2, -0.15) is 4.31 Å². The summed E-state index contributed by atoms with van der Waals surface area (Å²) in [6.07, 6.45) is 1.61. The molecule has 1 aliphatic rings. The van der Waals surface area contributed by atoms with Crippen LogP contribution in [-0.2, 0) is 16.6 Å². The highest BCUT2D eigenvalue weighted by molar-refractivity contribution is 7.89. The highest BCUT2D eigenvalue weighted by Gasteiger charge is 2.26. The van der Waals surface area contributed by atoms with E-state index >= 15 is 0 Å². The molecule has 0 unspecified atom stereocenters. The van der Waals surface area contributed by atoms with E-state index in [-0.39, 0.29) is 12.3 Å². The van der Waals surface area contributed by atoms with Crippen LogP contribution in [-0.4, -0.2) is 30.2 Å². The molecule has 0 saturated carbocycles. The third-order valence-electron chi connectivity index (χ3n) is 3.46. The Bertz CT molecular complexity index is 742. The number of hydrogen-bond acceptors (Lipinski definition) is 4. The second kappa shape index (κ2) is 5.79. The van der Waals surface area contributed by atoms with Gasteiger partial charge in [0.2, 0.25) is 10.0 Å². The molecule has 0 radical (unpaired) electrons. The fourth-order valence-electron chi connectivity index (χ4n) is 2.36. The average molecular weight is 327 g/mol. The van der Waals surface area contributed by atoms with Crippen LogP contribution in [0.3, 0.4) is 0 Å². The van der Waals surface area contributed by atoms with Gasteiger partial charge in [-0.25, -0.2) is 8.42 Å². The summed E-state index contributed by atoms with van der Waals surface area (Å²) in [6.45, 7) is 0.800. The molecule has 0 N–H and O–H groups in total. The smallest absolute Gasteiger partial charge is 0.214 e. The number of benzene rings is 1. The van der Waals surface area contributed by atoms with Crippen LogP contribution in [0.1, 0.15) is 18.5 Å². The minimum Gasteiger partial charge on any atom is -0.356 e. The van der Waals surface area contributed by atoms with Gasteiger partial charge in [0.25, 0.3) is 0 Å². The van der Waals surface area contributed by atoms with Crippen LogP contribution >= 0.6 is 11.6 Å². The Morgan fingerprint density at radius 1 is 1.29 bits per heavy atom. The van der Waals surface area contributed by atoms with Crippen molar-refractivity contribution >= 4 is 21.6 Å². The van der Waals surface area contributed by atoms with Crippen molar-refractivity contribution < 1.29 is 12.9 Å². The first kappa shape index (κ1) is 14.6. The zero-order chi connectivity index (χ0) is 14.9. The first-order valence-corrected chi connectivity index (χ1v) is 8.73. The Morgan fingerprint density at radius 2 is 2.14 bits per heavy atom. The van der Waals surface area contributed by atoms with Crippen LogP contribution < -0.4 is 0 Å². The first-order valence-electron chi connectivity index (χ1n) is 6.74. The van der Waals surface area contributed by atoms with Gasteiger partial charge in [0.05, 0.1) is 18.0 Å². The Balaban J connectivity index is 1.79. The summed E-state index contributed by atoms with van der Waals surface area (Å²) < 4.78 is 30.7. The third kappa shape index (κ3) is 3.28. The predicted octanol–water partition coefficient (Wildman–Crippen LogP) is 2.92. The normalized spacial score (nSPS) is 18.7. The van der Waals surface area contributed by atoms with E-state index in [1.807, 2.05) is 12.1 Å². The van der Waals surface area contributed by atoms with Crippen LogP contribution in [0.2, 0.25) is 5.02 Å². The summed E-state index contributed by atoms with van der Waals surface area (Å²) in [5.41, 5.74) is 1.43. The molecule has 0 bridgehead atoms. The number of rotatable bonds is 3. The molecule has 1 aliphatic heterocycles. The molecule has 5 nitrogen and oxygen atoms in total. The van der Waals surface area contributed by atoms with E-state index in [0.717, 1.165) is 18.4 Å². The number of aromatic nitrogens is 1. The Kier molecular flexibility index (Phi) is 4.01. The van der Waals surface area contributed by atoms with Crippen molar-refractivity contribution in [2.75, 3.05) is 12.3 Å². The molecular formula is C14H15ClN2O3S. The maximum atomic E-state index is 12.0. The van der Waals surface area contributed by atoms with E-state index in [9.17, 15) is 8.42 Å². The van der Waals surface area contributed by atoms with Gasteiger partial charge in [-0.15, -0.1) is 0 Å². The molecule has 0 aliphatic carbocycles. The zero-order valence-electron chi connectivity index (χ0n) is 11.3. The molecule has 1 aromatic heterocycles. The van der Waals surface area contributed by atoms with Crippen molar-refractivity contribution in [2.24, 2.45) is 0 Å². The van der Waals surface area contributed by atoms with Crippen LogP contribution in [0, 0.1) is 0 Å². The molecule has 2 heterocycles. The molecule has 1 aromatic carbocycles. The molecule has 21 heavy (non-hydrogen) atoms. The van der Waals surface area contributed by atoms with Crippen molar-refractivity contribution in [3.63, 3.8) is 0 Å². The van der Waals surface area contributed by atoms with Crippen LogP contribution in [0.25, 0.3) is 11.3 Å². The fourth-order valence-corrected chi connectivity index (χ4v) is 4.12. The monoisotopic (exact) mass is 326 g/mol. The second-order valence-corrected chi connectivity index (χ2v) is 7.57. The Morgan fingerprint density at radius 3 is 2.90 bits per heavy atom. The van der Waals surface area contributed by atoms with Crippen LogP contribution in [0.5, 0.6) is 0 Å². The average Bonchev–Trinajstić information content (AvgIpc) is 2.90. The van der Waals surface area contributed by atoms with E-state index in [0.29, 0.717) is 23.0 Å². The third-order valence-corrected chi connectivity index (χ3v) is 5.60. The number of sulfonamides is 1. The number of nitrogens with zero attached hydrogens (tertiary/aromatic N) is 2. The van der Waals surface area contributed by atoms with Gasteiger partial charge in [0.15, 0.2) is 5.76 Å². The van der Waals surface area contributed by atoms with E-state index in [4.69, 9.17) is 16.1 Å². The summed E-state index contributed by atoms with van der Waals surface area (Å²) in [7, 11) is -3.15. The van der Waals surface area contributed by atoms with E-state index < -0.39 is 10.0 Å². The van der Waals surface area contributed by atoms with Crippen LogP contribution in [0.4, 0.5) is 0 Å². The summed E-state index contributed by atoms with van der Waals surface area (Å²) in [5.74, 6) is 0.799. The van der Waals surface area contributed by atoms with Crippen molar-refractivity contribution in [1.82, 2.24) is 9.46 Å². The molecule has 3 rings (SSSR count). The molecule has 0 atom stereocenters. The van der Waals surface area contributed by atoms with Gasteiger partial charge in [0.1, 0.15) is 0 Å². The minimum atomic E-state index is -3.15. The molecular weight excluding hydrogens is 312 g/mol. The standard InChI is InChI=1S/C14H15ClN2O3S/c15-12-5-3-4-11(8-12)14-9-13(16-20-14)10-17-6-1-2-7-21(17,18)19/h3-5,8-9H,1-2,6-7,10H2. The zero-order valence-corrected chi connectivity index (χ0v) is 12.9. The largest absolute Gasteiger partial charge is 0.356 e. The maximum absolute atomic E-state index is 12.0. The van der Waals surface area contributed by atoms with Crippen LogP contribution in [0.15, 0.2) is 34.9 Å². The van der Waals surface area contributed by atoms with Gasteiger partial charge in [0, 0.05) is 23.2 Å². The lowest BCUT2D eigenvalue weighted by molar-refractivity contribution is 0.358. The summed E-state index contributed by atoms with van der Waals surface area (Å²) >= 11 is 5.94. The summed E-state index contributed by atoms with van der Waals surface area (Å²) in [5, 5.41) is 4.57. The first-order chi connectivity index (χ1) is 10.0. The fraction of sp³-hybridized carbons (Fsp3) is 0.357. The SMILES string of the molecule is O=S1(=O)CCCCN1Cc1cc(-c2cccc(Cl)c2)on1. The molecule has 1 fully saturated rings. The predicted molar refractivity (Wildman–Crippen MR) is 80.4 cm³/mol. The quantitative estimate of drug-likeness (QED) is 0.870. The van der Waals surface area contributed by atoms with Crippen molar-refractivity contribution in [1.29, 1.82) is 0 Å². The van der Waals surface area contributed by atoms with Gasteiger partial charge >= 0.3 is 0 Å². The summed E-state index contributed by atoms with van der Waals surface area (Å²) in [6, 6.07) is 9.02. The molecule has 7 heteroatoms. The maximum Gasteiger partial charge on any atom is 0.214 e. The van der Waals surface area contributed by atoms with Gasteiger partial charge in [-0.3, -0.25) is 0 Å².